The highest BCUT2D eigenvalue weighted by molar-refractivity contribution is 7.22. The average molecular weight is 396 g/mol. The number of ether oxygens (including phenoxy) is 1. The Morgan fingerprint density at radius 3 is 2.82 bits per heavy atom. The number of amides is 1. The van der Waals surface area contributed by atoms with E-state index in [-0.39, 0.29) is 5.91 Å². The lowest BCUT2D eigenvalue weighted by Crippen LogP contribution is -2.29. The number of fused-ring (bicyclic) bond motifs is 1. The normalized spacial score (nSPS) is 14.1. The predicted octanol–water partition coefficient (Wildman–Crippen LogP) is 3.15. The molecule has 0 aliphatic carbocycles. The Balaban J connectivity index is 1.74. The van der Waals surface area contributed by atoms with Gasteiger partial charge in [-0.3, -0.25) is 9.48 Å². The maximum atomic E-state index is 13.0. The van der Waals surface area contributed by atoms with Gasteiger partial charge in [0, 0.05) is 20.1 Å². The van der Waals surface area contributed by atoms with Crippen LogP contribution in [-0.2, 0) is 7.05 Å². The third-order valence-corrected chi connectivity index (χ3v) is 6.03. The lowest BCUT2D eigenvalue weighted by molar-refractivity contribution is 0.102. The number of carbonyl (C=O) groups excluding carboxylic acids is 1. The van der Waals surface area contributed by atoms with Crippen LogP contribution in [0.4, 0.5) is 10.9 Å². The molecule has 0 saturated carbocycles. The Labute approximate surface area is 166 Å². The van der Waals surface area contributed by atoms with E-state index in [1.807, 2.05) is 6.07 Å². The summed E-state index contributed by atoms with van der Waals surface area (Å²) in [5.74, 6) is 0.711. The molecule has 1 aromatic carbocycles. The molecule has 0 spiro atoms. The Bertz CT molecular complexity index is 1070. The Hall–Kier alpha value is -3.12. The van der Waals surface area contributed by atoms with E-state index < -0.39 is 0 Å². The van der Waals surface area contributed by atoms with Crippen LogP contribution < -0.4 is 15.0 Å². The van der Waals surface area contributed by atoms with E-state index in [0.29, 0.717) is 28.2 Å². The minimum absolute atomic E-state index is 0.304. The molecule has 0 radical (unpaired) electrons. The first-order valence-electron chi connectivity index (χ1n) is 9.08. The van der Waals surface area contributed by atoms with Gasteiger partial charge in [-0.25, -0.2) is 4.98 Å². The molecule has 8 nitrogen and oxygen atoms in total. The van der Waals surface area contributed by atoms with Crippen LogP contribution in [-0.4, -0.2) is 40.9 Å². The van der Waals surface area contributed by atoms with Gasteiger partial charge < -0.3 is 15.0 Å². The highest BCUT2D eigenvalue weighted by atomic mass is 32.1. The first kappa shape index (κ1) is 18.3. The third kappa shape index (κ3) is 3.16. The quantitative estimate of drug-likeness (QED) is 0.728. The molecule has 1 N–H and O–H groups in total. The summed E-state index contributed by atoms with van der Waals surface area (Å²) in [5, 5.41) is 17.0. The average Bonchev–Trinajstić information content (AvgIpc) is 3.32. The fourth-order valence-electron chi connectivity index (χ4n) is 3.38. The van der Waals surface area contributed by atoms with Gasteiger partial charge in [-0.2, -0.15) is 10.4 Å². The lowest BCUT2D eigenvalue weighted by atomic mass is 10.1. The van der Waals surface area contributed by atoms with Crippen molar-refractivity contribution >= 4 is 38.4 Å². The summed E-state index contributed by atoms with van der Waals surface area (Å²) in [5.41, 5.74) is 1.51. The fraction of sp³-hybridized carbons (Fsp3) is 0.368. The van der Waals surface area contributed by atoms with Crippen molar-refractivity contribution in [1.29, 1.82) is 5.26 Å². The van der Waals surface area contributed by atoms with Gasteiger partial charge in [-0.1, -0.05) is 11.3 Å². The Kier molecular flexibility index (Phi) is 4.88. The standard InChI is InChI=1S/C19H20N6O2S/c1-24-17(12(10-20)11-21-24)23-18(26)13-6-7-14(27-2)15-16(13)28-19(22-15)25-8-4-3-5-9-25/h6-7,11H,3-5,8-9H2,1-2H3,(H,23,26). The summed E-state index contributed by atoms with van der Waals surface area (Å²) in [6.45, 7) is 1.95. The second kappa shape index (κ2) is 7.48. The SMILES string of the molecule is COc1ccc(C(=O)Nc2c(C#N)cnn2C)c2sc(N3CCCCC3)nc12. The van der Waals surface area contributed by atoms with Crippen molar-refractivity contribution in [3.05, 3.63) is 29.5 Å². The zero-order chi connectivity index (χ0) is 19.7. The van der Waals surface area contributed by atoms with Crippen molar-refractivity contribution in [3.63, 3.8) is 0 Å². The number of nitriles is 1. The monoisotopic (exact) mass is 396 g/mol. The van der Waals surface area contributed by atoms with Gasteiger partial charge in [0.1, 0.15) is 28.7 Å². The number of piperidine rings is 1. The molecule has 4 rings (SSSR count). The van der Waals surface area contributed by atoms with E-state index in [1.54, 1.807) is 26.3 Å². The molecule has 144 valence electrons. The molecule has 1 aliphatic rings. The van der Waals surface area contributed by atoms with Crippen molar-refractivity contribution in [1.82, 2.24) is 14.8 Å². The molecule has 28 heavy (non-hydrogen) atoms. The van der Waals surface area contributed by atoms with Gasteiger partial charge in [-0.15, -0.1) is 0 Å². The number of thiazole rings is 1. The third-order valence-electron chi connectivity index (χ3n) is 4.88. The number of nitrogens with one attached hydrogen (secondary N) is 1. The second-order valence-corrected chi connectivity index (χ2v) is 7.61. The number of rotatable bonds is 4. The number of hydrogen-bond donors (Lipinski definition) is 1. The van der Waals surface area contributed by atoms with Crippen LogP contribution >= 0.6 is 11.3 Å². The van der Waals surface area contributed by atoms with Crippen LogP contribution in [0.15, 0.2) is 18.3 Å². The van der Waals surface area contributed by atoms with Crippen molar-refractivity contribution in [3.8, 4) is 11.8 Å². The Morgan fingerprint density at radius 2 is 2.11 bits per heavy atom. The predicted molar refractivity (Wildman–Crippen MR) is 108 cm³/mol. The molecular formula is C19H20N6O2S. The number of anilines is 2. The summed E-state index contributed by atoms with van der Waals surface area (Å²) in [6.07, 6.45) is 4.97. The second-order valence-electron chi connectivity index (χ2n) is 6.63. The molecule has 0 unspecified atom stereocenters. The number of hydrogen-bond acceptors (Lipinski definition) is 7. The largest absolute Gasteiger partial charge is 0.494 e. The minimum Gasteiger partial charge on any atom is -0.494 e. The van der Waals surface area contributed by atoms with Crippen molar-refractivity contribution < 1.29 is 9.53 Å². The summed E-state index contributed by atoms with van der Waals surface area (Å²) < 4.78 is 7.71. The molecule has 1 fully saturated rings. The minimum atomic E-state index is -0.304. The van der Waals surface area contributed by atoms with Crippen molar-refractivity contribution in [2.45, 2.75) is 19.3 Å². The highest BCUT2D eigenvalue weighted by Gasteiger charge is 2.22. The topological polar surface area (TPSA) is 96.1 Å². The van der Waals surface area contributed by atoms with Gasteiger partial charge in [0.2, 0.25) is 0 Å². The van der Waals surface area contributed by atoms with E-state index >= 15 is 0 Å². The van der Waals surface area contributed by atoms with Gasteiger partial charge in [0.15, 0.2) is 5.13 Å². The zero-order valence-electron chi connectivity index (χ0n) is 15.7. The zero-order valence-corrected chi connectivity index (χ0v) is 16.5. The molecule has 3 heterocycles. The van der Waals surface area contributed by atoms with E-state index in [9.17, 15) is 10.1 Å². The summed E-state index contributed by atoms with van der Waals surface area (Å²) >= 11 is 1.50. The number of methoxy groups -OCH3 is 1. The van der Waals surface area contributed by atoms with E-state index in [2.05, 4.69) is 15.3 Å². The van der Waals surface area contributed by atoms with Crippen LogP contribution in [0.2, 0.25) is 0 Å². The van der Waals surface area contributed by atoms with Gasteiger partial charge in [0.05, 0.1) is 23.6 Å². The van der Waals surface area contributed by atoms with Crippen molar-refractivity contribution in [2.24, 2.45) is 7.05 Å². The van der Waals surface area contributed by atoms with Crippen LogP contribution in [0.3, 0.4) is 0 Å². The number of aromatic nitrogens is 3. The van der Waals surface area contributed by atoms with Crippen LogP contribution in [0.25, 0.3) is 10.2 Å². The lowest BCUT2D eigenvalue weighted by Gasteiger charge is -2.25. The molecule has 2 aromatic heterocycles. The van der Waals surface area contributed by atoms with E-state index in [4.69, 9.17) is 9.72 Å². The van der Waals surface area contributed by atoms with Crippen LogP contribution in [0, 0.1) is 11.3 Å². The first-order valence-corrected chi connectivity index (χ1v) is 9.90. The molecule has 0 atom stereocenters. The molecule has 3 aromatic rings. The number of carbonyl (C=O) groups is 1. The first-order chi connectivity index (χ1) is 13.6. The van der Waals surface area contributed by atoms with Crippen molar-refractivity contribution in [2.75, 3.05) is 30.4 Å². The molecule has 1 amide bonds. The van der Waals surface area contributed by atoms with E-state index in [0.717, 1.165) is 35.8 Å². The maximum Gasteiger partial charge on any atom is 0.258 e. The molecule has 1 aliphatic heterocycles. The summed E-state index contributed by atoms with van der Waals surface area (Å²) in [4.78, 5) is 20.0. The molecule has 9 heteroatoms. The smallest absolute Gasteiger partial charge is 0.258 e. The highest BCUT2D eigenvalue weighted by Crippen LogP contribution is 2.37. The molecule has 1 saturated heterocycles. The molecular weight excluding hydrogens is 376 g/mol. The van der Waals surface area contributed by atoms with Gasteiger partial charge >= 0.3 is 0 Å². The van der Waals surface area contributed by atoms with Crippen LogP contribution in [0.5, 0.6) is 5.75 Å². The fourth-order valence-corrected chi connectivity index (χ4v) is 4.52. The molecule has 0 bridgehead atoms. The van der Waals surface area contributed by atoms with Gasteiger partial charge in [0.25, 0.3) is 5.91 Å². The van der Waals surface area contributed by atoms with Gasteiger partial charge in [-0.05, 0) is 31.4 Å². The summed E-state index contributed by atoms with van der Waals surface area (Å²) in [7, 11) is 3.28. The van der Waals surface area contributed by atoms with E-state index in [1.165, 1.54) is 28.6 Å². The summed E-state index contributed by atoms with van der Waals surface area (Å²) in [6, 6.07) is 5.53. The van der Waals surface area contributed by atoms with Crippen LogP contribution in [0.1, 0.15) is 35.2 Å². The maximum absolute atomic E-state index is 13.0. The number of aryl methyl sites for hydroxylation is 1. The number of benzene rings is 1. The number of nitrogens with zero attached hydrogens (tertiary/aromatic N) is 5. The Morgan fingerprint density at radius 1 is 1.32 bits per heavy atom.